The molecule has 0 radical (unpaired) electrons. The molecule has 0 bridgehead atoms. The average molecular weight is 257 g/mol. The maximum atomic E-state index is 5.83. The Labute approximate surface area is 106 Å². The Morgan fingerprint density at radius 1 is 1.35 bits per heavy atom. The number of pyridine rings is 1. The van der Waals surface area contributed by atoms with E-state index in [-0.39, 0.29) is 12.2 Å². The summed E-state index contributed by atoms with van der Waals surface area (Å²) in [4.78, 5) is 4.10. The van der Waals surface area contributed by atoms with Crippen molar-refractivity contribution in [1.29, 1.82) is 0 Å². The minimum Gasteiger partial charge on any atom is -0.474 e. The topological polar surface area (TPSA) is 57.4 Å². The van der Waals surface area contributed by atoms with Crippen molar-refractivity contribution in [3.63, 3.8) is 0 Å². The summed E-state index contributed by atoms with van der Waals surface area (Å²) >= 11 is 5.83. The molecular formula is C12H17ClN2O2. The molecule has 0 aliphatic heterocycles. The van der Waals surface area contributed by atoms with Gasteiger partial charge in [0.05, 0.1) is 6.10 Å². The Morgan fingerprint density at radius 3 is 2.82 bits per heavy atom. The quantitative estimate of drug-likeness (QED) is 0.845. The first kappa shape index (κ1) is 12.5. The molecule has 1 aromatic heterocycles. The smallest absolute Gasteiger partial charge is 0.217 e. The molecule has 1 fully saturated rings. The van der Waals surface area contributed by atoms with Gasteiger partial charge in [-0.05, 0) is 25.3 Å². The number of methoxy groups -OCH3 is 1. The van der Waals surface area contributed by atoms with E-state index < -0.39 is 0 Å². The molecule has 0 spiro atoms. The van der Waals surface area contributed by atoms with Gasteiger partial charge >= 0.3 is 0 Å². The van der Waals surface area contributed by atoms with E-state index in [0.29, 0.717) is 16.7 Å². The predicted molar refractivity (Wildman–Crippen MR) is 67.3 cm³/mol. The van der Waals surface area contributed by atoms with Gasteiger partial charge in [-0.2, -0.15) is 0 Å². The third-order valence-corrected chi connectivity index (χ3v) is 3.19. The number of rotatable bonds is 3. The number of halogens is 1. The zero-order valence-electron chi connectivity index (χ0n) is 9.86. The minimum atomic E-state index is 0.138. The van der Waals surface area contributed by atoms with Crippen molar-refractivity contribution in [2.45, 2.75) is 37.9 Å². The highest BCUT2D eigenvalue weighted by atomic mass is 35.5. The Hall–Kier alpha value is -1.00. The number of nitrogens with zero attached hydrogens (tertiary/aromatic N) is 1. The molecule has 2 N–H and O–H groups in total. The van der Waals surface area contributed by atoms with Gasteiger partial charge < -0.3 is 15.2 Å². The van der Waals surface area contributed by atoms with Crippen molar-refractivity contribution in [3.8, 4) is 5.88 Å². The summed E-state index contributed by atoms with van der Waals surface area (Å²) in [5, 5.41) is 0.360. The van der Waals surface area contributed by atoms with Crippen LogP contribution in [0, 0.1) is 0 Å². The number of hydrogen-bond donors (Lipinski definition) is 1. The van der Waals surface area contributed by atoms with Gasteiger partial charge in [0.1, 0.15) is 11.3 Å². The molecule has 2 rings (SSSR count). The van der Waals surface area contributed by atoms with E-state index in [1.807, 2.05) is 0 Å². The molecule has 5 heteroatoms. The van der Waals surface area contributed by atoms with E-state index in [0.717, 1.165) is 25.7 Å². The van der Waals surface area contributed by atoms with Crippen molar-refractivity contribution >= 4 is 17.3 Å². The first-order valence-electron chi connectivity index (χ1n) is 5.80. The number of ether oxygens (including phenoxy) is 2. The molecule has 2 unspecified atom stereocenters. The van der Waals surface area contributed by atoms with Crippen LogP contribution < -0.4 is 10.5 Å². The summed E-state index contributed by atoms with van der Waals surface area (Å²) in [5.74, 6) is 0.497. The summed E-state index contributed by atoms with van der Waals surface area (Å²) < 4.78 is 11.1. The van der Waals surface area contributed by atoms with E-state index in [4.69, 9.17) is 26.8 Å². The van der Waals surface area contributed by atoms with Crippen molar-refractivity contribution in [3.05, 3.63) is 17.3 Å². The molecule has 1 saturated carbocycles. The Morgan fingerprint density at radius 2 is 2.12 bits per heavy atom. The van der Waals surface area contributed by atoms with Gasteiger partial charge in [-0.3, -0.25) is 0 Å². The van der Waals surface area contributed by atoms with Crippen molar-refractivity contribution in [1.82, 2.24) is 4.98 Å². The number of nitrogens with two attached hydrogens (primary N) is 1. The normalized spacial score (nSPS) is 24.6. The lowest BCUT2D eigenvalue weighted by Gasteiger charge is -2.28. The molecule has 1 heterocycles. The Kier molecular flexibility index (Phi) is 4.07. The highest BCUT2D eigenvalue weighted by Crippen LogP contribution is 2.26. The van der Waals surface area contributed by atoms with Crippen LogP contribution in [-0.2, 0) is 4.74 Å². The third-order valence-electron chi connectivity index (χ3n) is 2.99. The van der Waals surface area contributed by atoms with Gasteiger partial charge in [0.25, 0.3) is 0 Å². The van der Waals surface area contributed by atoms with Gasteiger partial charge in [0.15, 0.2) is 0 Å². The van der Waals surface area contributed by atoms with Crippen LogP contribution in [0.15, 0.2) is 12.1 Å². The molecule has 0 aromatic carbocycles. The van der Waals surface area contributed by atoms with Crippen molar-refractivity contribution < 1.29 is 9.47 Å². The van der Waals surface area contributed by atoms with Crippen LogP contribution >= 0.6 is 11.6 Å². The SMILES string of the molecule is COC1CCCC(Oc2cc(N)cc(Cl)n2)C1. The van der Waals surface area contributed by atoms with E-state index >= 15 is 0 Å². The lowest BCUT2D eigenvalue weighted by atomic mass is 9.95. The van der Waals surface area contributed by atoms with Crippen LogP contribution in [0.3, 0.4) is 0 Å². The van der Waals surface area contributed by atoms with Gasteiger partial charge in [0.2, 0.25) is 5.88 Å². The van der Waals surface area contributed by atoms with E-state index in [1.165, 1.54) is 0 Å². The largest absolute Gasteiger partial charge is 0.474 e. The predicted octanol–water partition coefficient (Wildman–Crippen LogP) is 2.65. The molecule has 94 valence electrons. The molecule has 1 aliphatic rings. The van der Waals surface area contributed by atoms with Gasteiger partial charge in [0, 0.05) is 25.3 Å². The second kappa shape index (κ2) is 5.56. The van der Waals surface area contributed by atoms with Crippen LogP contribution in [0.5, 0.6) is 5.88 Å². The molecule has 1 aromatic rings. The zero-order valence-corrected chi connectivity index (χ0v) is 10.6. The Balaban J connectivity index is 2.00. The molecule has 17 heavy (non-hydrogen) atoms. The van der Waals surface area contributed by atoms with Crippen LogP contribution in [0.2, 0.25) is 5.15 Å². The third kappa shape index (κ3) is 3.48. The second-order valence-corrected chi connectivity index (χ2v) is 4.71. The molecule has 1 aliphatic carbocycles. The van der Waals surface area contributed by atoms with E-state index in [1.54, 1.807) is 19.2 Å². The summed E-state index contributed by atoms with van der Waals surface area (Å²) in [5.41, 5.74) is 6.26. The summed E-state index contributed by atoms with van der Waals surface area (Å²) in [6, 6.07) is 3.30. The van der Waals surface area contributed by atoms with Crippen LogP contribution in [0.1, 0.15) is 25.7 Å². The second-order valence-electron chi connectivity index (χ2n) is 4.33. The molecular weight excluding hydrogens is 240 g/mol. The van der Waals surface area contributed by atoms with Gasteiger partial charge in [-0.15, -0.1) is 0 Å². The fourth-order valence-corrected chi connectivity index (χ4v) is 2.36. The number of nitrogen functional groups attached to an aromatic ring is 1. The van der Waals surface area contributed by atoms with E-state index in [2.05, 4.69) is 4.98 Å². The van der Waals surface area contributed by atoms with Crippen LogP contribution in [-0.4, -0.2) is 24.3 Å². The maximum absolute atomic E-state index is 5.83. The monoisotopic (exact) mass is 256 g/mol. The molecule has 0 saturated heterocycles. The summed E-state index contributed by atoms with van der Waals surface area (Å²) in [7, 11) is 1.74. The molecule has 4 nitrogen and oxygen atoms in total. The number of anilines is 1. The number of hydrogen-bond acceptors (Lipinski definition) is 4. The molecule has 0 amide bonds. The lowest BCUT2D eigenvalue weighted by molar-refractivity contribution is 0.0195. The van der Waals surface area contributed by atoms with Crippen molar-refractivity contribution in [2.24, 2.45) is 0 Å². The van der Waals surface area contributed by atoms with Crippen LogP contribution in [0.4, 0.5) is 5.69 Å². The number of aromatic nitrogens is 1. The fourth-order valence-electron chi connectivity index (χ4n) is 2.15. The van der Waals surface area contributed by atoms with Crippen LogP contribution in [0.25, 0.3) is 0 Å². The fraction of sp³-hybridized carbons (Fsp3) is 0.583. The summed E-state index contributed by atoms with van der Waals surface area (Å²) in [6.07, 6.45) is 4.54. The zero-order chi connectivity index (χ0) is 12.3. The van der Waals surface area contributed by atoms with E-state index in [9.17, 15) is 0 Å². The average Bonchev–Trinajstić information content (AvgIpc) is 2.28. The Bertz CT molecular complexity index is 367. The molecule has 2 atom stereocenters. The maximum Gasteiger partial charge on any atom is 0.217 e. The van der Waals surface area contributed by atoms with Crippen molar-refractivity contribution in [2.75, 3.05) is 12.8 Å². The highest BCUT2D eigenvalue weighted by molar-refractivity contribution is 6.29. The first-order valence-corrected chi connectivity index (χ1v) is 6.17. The van der Waals surface area contributed by atoms with Gasteiger partial charge in [-0.25, -0.2) is 4.98 Å². The highest BCUT2D eigenvalue weighted by Gasteiger charge is 2.23. The lowest BCUT2D eigenvalue weighted by Crippen LogP contribution is -2.29. The standard InChI is InChI=1S/C12H17ClN2O2/c1-16-9-3-2-4-10(7-9)17-12-6-8(14)5-11(13)15-12/h5-6,9-10H,2-4,7H2,1H3,(H2,14,15). The first-order chi connectivity index (χ1) is 8.17. The van der Waals surface area contributed by atoms with Gasteiger partial charge in [-0.1, -0.05) is 11.6 Å². The minimum absolute atomic E-state index is 0.138. The summed E-state index contributed by atoms with van der Waals surface area (Å²) in [6.45, 7) is 0.